The van der Waals surface area contributed by atoms with E-state index in [9.17, 15) is 18.0 Å². The molecule has 0 rings (SSSR count). The summed E-state index contributed by atoms with van der Waals surface area (Å²) in [4.78, 5) is 22.5. The Morgan fingerprint density at radius 3 is 2.30 bits per heavy atom. The average Bonchev–Trinajstić information content (AvgIpc) is 2.41. The van der Waals surface area contributed by atoms with E-state index in [1.165, 1.54) is 21.2 Å². The van der Waals surface area contributed by atoms with Gasteiger partial charge in [0.2, 0.25) is 5.91 Å². The second-order valence-electron chi connectivity index (χ2n) is 4.94. The van der Waals surface area contributed by atoms with Crippen molar-refractivity contribution in [1.82, 2.24) is 14.3 Å². The van der Waals surface area contributed by atoms with Crippen LogP contribution in [0.1, 0.15) is 20.3 Å². The number of methoxy groups -OCH3 is 1. The Morgan fingerprint density at radius 2 is 1.85 bits per heavy atom. The maximum atomic E-state index is 11.9. The molecule has 0 aromatic carbocycles. The predicted molar refractivity (Wildman–Crippen MR) is 74.0 cm³/mol. The number of hydrogen-bond donors (Lipinski definition) is 2. The van der Waals surface area contributed by atoms with E-state index in [1.54, 1.807) is 13.8 Å². The number of esters is 1. The molecule has 0 aromatic rings. The number of carbonyl (C=O) groups is 2. The zero-order valence-electron chi connectivity index (χ0n) is 12.5. The first-order valence-electron chi connectivity index (χ1n) is 6.06. The molecule has 0 atom stereocenters. The largest absolute Gasteiger partial charge is 0.469 e. The van der Waals surface area contributed by atoms with Crippen LogP contribution in [0.4, 0.5) is 0 Å². The summed E-state index contributed by atoms with van der Waals surface area (Å²) in [6.07, 6.45) is -0.0350. The summed E-state index contributed by atoms with van der Waals surface area (Å²) in [7, 11) is 0.326. The molecule has 9 heteroatoms. The Kier molecular flexibility index (Phi) is 7.11. The number of nitrogens with zero attached hydrogens (tertiary/aromatic N) is 1. The molecule has 0 aliphatic rings. The van der Waals surface area contributed by atoms with Crippen LogP contribution >= 0.6 is 0 Å². The van der Waals surface area contributed by atoms with Crippen molar-refractivity contribution >= 4 is 22.1 Å². The molecule has 2 N–H and O–H groups in total. The molecule has 0 unspecified atom stereocenters. The highest BCUT2D eigenvalue weighted by Crippen LogP contribution is 2.14. The maximum Gasteiger partial charge on any atom is 0.306 e. The van der Waals surface area contributed by atoms with Gasteiger partial charge in [0.15, 0.2) is 0 Å². The molecule has 118 valence electrons. The van der Waals surface area contributed by atoms with E-state index in [0.717, 1.165) is 4.31 Å². The van der Waals surface area contributed by atoms with Crippen molar-refractivity contribution in [1.29, 1.82) is 0 Å². The minimum absolute atomic E-state index is 0.00239. The first-order valence-corrected chi connectivity index (χ1v) is 7.50. The minimum Gasteiger partial charge on any atom is -0.469 e. The highest BCUT2D eigenvalue weighted by Gasteiger charge is 2.29. The quantitative estimate of drug-likeness (QED) is 0.565. The summed E-state index contributed by atoms with van der Waals surface area (Å²) in [5.74, 6) is -0.754. The Balaban J connectivity index is 4.52. The van der Waals surface area contributed by atoms with Crippen LogP contribution in [-0.2, 0) is 24.5 Å². The predicted octanol–water partition coefficient (Wildman–Crippen LogP) is -0.912. The van der Waals surface area contributed by atoms with Gasteiger partial charge in [0.25, 0.3) is 10.2 Å². The van der Waals surface area contributed by atoms with Gasteiger partial charge in [0.05, 0.1) is 18.9 Å². The van der Waals surface area contributed by atoms with Crippen LogP contribution in [0.5, 0.6) is 0 Å². The van der Waals surface area contributed by atoms with Crippen LogP contribution in [0.3, 0.4) is 0 Å². The molecule has 0 spiro atoms. The van der Waals surface area contributed by atoms with Crippen molar-refractivity contribution in [3.05, 3.63) is 0 Å². The molecule has 0 saturated heterocycles. The van der Waals surface area contributed by atoms with Crippen LogP contribution in [0.25, 0.3) is 0 Å². The number of carbonyl (C=O) groups excluding carboxylic acids is 2. The van der Waals surface area contributed by atoms with Gasteiger partial charge in [-0.1, -0.05) is 0 Å². The third-order valence-corrected chi connectivity index (χ3v) is 4.32. The van der Waals surface area contributed by atoms with Gasteiger partial charge in [-0.05, 0) is 13.8 Å². The van der Waals surface area contributed by atoms with Gasteiger partial charge in [-0.15, -0.1) is 0 Å². The van der Waals surface area contributed by atoms with Crippen LogP contribution in [0.2, 0.25) is 0 Å². The second kappa shape index (κ2) is 7.55. The van der Waals surface area contributed by atoms with Crippen LogP contribution in [0.15, 0.2) is 0 Å². The van der Waals surface area contributed by atoms with Gasteiger partial charge >= 0.3 is 5.97 Å². The van der Waals surface area contributed by atoms with Crippen molar-refractivity contribution in [2.75, 3.05) is 34.3 Å². The van der Waals surface area contributed by atoms with Crippen molar-refractivity contribution in [2.45, 2.75) is 20.3 Å². The fourth-order valence-corrected chi connectivity index (χ4v) is 2.37. The molecule has 0 aliphatic heterocycles. The molecule has 1 amide bonds. The number of rotatable bonds is 8. The molecule has 20 heavy (non-hydrogen) atoms. The number of ether oxygens (including phenoxy) is 1. The maximum absolute atomic E-state index is 11.9. The van der Waals surface area contributed by atoms with Gasteiger partial charge in [-0.2, -0.15) is 12.7 Å². The first kappa shape index (κ1) is 18.8. The third-order valence-electron chi connectivity index (χ3n) is 2.81. The van der Waals surface area contributed by atoms with E-state index < -0.39 is 21.6 Å². The molecule has 0 heterocycles. The van der Waals surface area contributed by atoms with E-state index in [2.05, 4.69) is 14.8 Å². The number of nitrogens with one attached hydrogen (secondary N) is 2. The first-order chi connectivity index (χ1) is 9.06. The summed E-state index contributed by atoms with van der Waals surface area (Å²) in [6, 6.07) is 0. The van der Waals surface area contributed by atoms with Gasteiger partial charge in [-0.3, -0.25) is 9.59 Å². The zero-order chi connectivity index (χ0) is 16.0. The molecule has 0 fully saturated rings. The summed E-state index contributed by atoms with van der Waals surface area (Å²) in [5, 5.41) is 2.47. The van der Waals surface area contributed by atoms with Crippen LogP contribution in [0, 0.1) is 5.41 Å². The average molecular weight is 309 g/mol. The highest BCUT2D eigenvalue weighted by molar-refractivity contribution is 7.87. The topological polar surface area (TPSA) is 105 Å². The monoisotopic (exact) mass is 309 g/mol. The van der Waals surface area contributed by atoms with Gasteiger partial charge in [0.1, 0.15) is 0 Å². The molecular weight excluding hydrogens is 286 g/mol. The lowest BCUT2D eigenvalue weighted by molar-refractivity contribution is -0.140. The second-order valence-corrected chi connectivity index (χ2v) is 6.80. The standard InChI is InChI=1S/C11H23N3O5S/c1-11(2,10(16)12-3)8-13-20(17,18)14(4)7-6-9(15)19-5/h13H,6-8H2,1-5H3,(H,12,16). The smallest absolute Gasteiger partial charge is 0.306 e. The van der Waals surface area contributed by atoms with Gasteiger partial charge in [0, 0.05) is 27.2 Å². The molecule has 0 bridgehead atoms. The molecule has 0 aliphatic carbocycles. The lowest BCUT2D eigenvalue weighted by atomic mass is 9.93. The van der Waals surface area contributed by atoms with Gasteiger partial charge < -0.3 is 10.1 Å². The Hall–Kier alpha value is -1.19. The Bertz CT molecular complexity index is 447. The summed E-state index contributed by atoms with van der Waals surface area (Å²) < 4.78 is 31.6. The van der Waals surface area contributed by atoms with Crippen molar-refractivity contribution < 1.29 is 22.7 Å². The molecule has 0 radical (unpaired) electrons. The van der Waals surface area contributed by atoms with E-state index in [1.807, 2.05) is 0 Å². The van der Waals surface area contributed by atoms with Crippen molar-refractivity contribution in [2.24, 2.45) is 5.41 Å². The SMILES string of the molecule is CNC(=O)C(C)(C)CNS(=O)(=O)N(C)CCC(=O)OC. The minimum atomic E-state index is -3.74. The third kappa shape index (κ3) is 5.85. The summed E-state index contributed by atoms with van der Waals surface area (Å²) in [5.41, 5.74) is -0.870. The van der Waals surface area contributed by atoms with Crippen molar-refractivity contribution in [3.8, 4) is 0 Å². The lowest BCUT2D eigenvalue weighted by Gasteiger charge is -2.24. The lowest BCUT2D eigenvalue weighted by Crippen LogP contribution is -2.47. The highest BCUT2D eigenvalue weighted by atomic mass is 32.2. The fourth-order valence-electron chi connectivity index (χ4n) is 1.27. The Labute approximate surface area is 120 Å². The van der Waals surface area contributed by atoms with E-state index >= 15 is 0 Å². The van der Waals surface area contributed by atoms with Gasteiger partial charge in [-0.25, -0.2) is 4.72 Å². The normalized spacial score (nSPS) is 12.3. The van der Waals surface area contributed by atoms with E-state index in [4.69, 9.17) is 0 Å². The van der Waals surface area contributed by atoms with Crippen LogP contribution in [-0.4, -0.2) is 58.9 Å². The zero-order valence-corrected chi connectivity index (χ0v) is 13.3. The van der Waals surface area contributed by atoms with E-state index in [-0.39, 0.29) is 25.4 Å². The molecular formula is C11H23N3O5S. The van der Waals surface area contributed by atoms with Crippen molar-refractivity contribution in [3.63, 3.8) is 0 Å². The summed E-state index contributed by atoms with van der Waals surface area (Å²) in [6.45, 7) is 3.21. The number of amides is 1. The number of hydrogen-bond acceptors (Lipinski definition) is 5. The molecule has 8 nitrogen and oxygen atoms in total. The summed E-state index contributed by atoms with van der Waals surface area (Å²) >= 11 is 0. The van der Waals surface area contributed by atoms with E-state index in [0.29, 0.717) is 0 Å². The molecule has 0 saturated carbocycles. The Morgan fingerprint density at radius 1 is 1.30 bits per heavy atom. The molecule has 0 aromatic heterocycles. The van der Waals surface area contributed by atoms with Crippen LogP contribution < -0.4 is 10.0 Å². The fraction of sp³-hybridized carbons (Fsp3) is 0.818.